The maximum absolute atomic E-state index is 11.5. The first-order valence-corrected chi connectivity index (χ1v) is 4.62. The molecule has 1 aliphatic heterocycles. The predicted molar refractivity (Wildman–Crippen MR) is 47.7 cm³/mol. The molecule has 0 aromatic carbocycles. The molecule has 2 rings (SSSR count). The van der Waals surface area contributed by atoms with Gasteiger partial charge in [0.25, 0.3) is 0 Å². The van der Waals surface area contributed by atoms with Gasteiger partial charge in [0.1, 0.15) is 11.8 Å². The van der Waals surface area contributed by atoms with E-state index in [1.165, 1.54) is 0 Å². The van der Waals surface area contributed by atoms with Crippen molar-refractivity contribution < 1.29 is 9.59 Å². The fraction of sp³-hybridized carbons (Fsp3) is 0.667. The Labute approximate surface area is 76.4 Å². The Morgan fingerprint density at radius 1 is 1.23 bits per heavy atom. The number of nitrogens with one attached hydrogen (secondary N) is 1. The van der Waals surface area contributed by atoms with Crippen molar-refractivity contribution in [1.29, 1.82) is 0 Å². The average molecular weight is 180 g/mol. The second-order valence-corrected chi connectivity index (χ2v) is 3.41. The lowest BCUT2D eigenvalue weighted by atomic mass is 9.86. The second-order valence-electron chi connectivity index (χ2n) is 3.41. The summed E-state index contributed by atoms with van der Waals surface area (Å²) in [7, 11) is 0. The van der Waals surface area contributed by atoms with Crippen LogP contribution in [0.5, 0.6) is 0 Å². The monoisotopic (exact) mass is 180 g/mol. The Balaban J connectivity index is 2.18. The SMILES string of the molecule is O=C1CCCC(=O)C1C1=NCCN1. The van der Waals surface area contributed by atoms with Gasteiger partial charge in [-0.15, -0.1) is 0 Å². The van der Waals surface area contributed by atoms with E-state index in [2.05, 4.69) is 10.3 Å². The van der Waals surface area contributed by atoms with Gasteiger partial charge in [0, 0.05) is 19.4 Å². The minimum Gasteiger partial charge on any atom is -0.371 e. The lowest BCUT2D eigenvalue weighted by Crippen LogP contribution is -2.40. The first-order valence-electron chi connectivity index (χ1n) is 4.62. The first kappa shape index (κ1) is 8.41. The van der Waals surface area contributed by atoms with E-state index in [-0.39, 0.29) is 11.6 Å². The summed E-state index contributed by atoms with van der Waals surface area (Å²) in [6, 6.07) is 0. The average Bonchev–Trinajstić information content (AvgIpc) is 2.57. The Morgan fingerprint density at radius 2 is 1.92 bits per heavy atom. The molecule has 0 bridgehead atoms. The molecular weight excluding hydrogens is 168 g/mol. The number of carbonyl (C=O) groups is 2. The van der Waals surface area contributed by atoms with E-state index in [0.29, 0.717) is 31.6 Å². The molecule has 0 aromatic heterocycles. The zero-order chi connectivity index (χ0) is 9.26. The van der Waals surface area contributed by atoms with Crippen LogP contribution in [-0.4, -0.2) is 30.5 Å². The highest BCUT2D eigenvalue weighted by Crippen LogP contribution is 2.18. The Morgan fingerprint density at radius 3 is 2.46 bits per heavy atom. The minimum atomic E-state index is -0.559. The normalized spacial score (nSPS) is 24.5. The molecule has 0 atom stereocenters. The van der Waals surface area contributed by atoms with Gasteiger partial charge in [-0.1, -0.05) is 0 Å². The summed E-state index contributed by atoms with van der Waals surface area (Å²) in [5, 5.41) is 3.00. The summed E-state index contributed by atoms with van der Waals surface area (Å²) in [5.74, 6) is 0.111. The van der Waals surface area contributed by atoms with Crippen LogP contribution in [0.15, 0.2) is 4.99 Å². The van der Waals surface area contributed by atoms with E-state index in [0.717, 1.165) is 6.54 Å². The summed E-state index contributed by atoms with van der Waals surface area (Å²) < 4.78 is 0. The molecule has 70 valence electrons. The molecule has 1 aliphatic carbocycles. The third-order valence-corrected chi connectivity index (χ3v) is 2.46. The Bertz CT molecular complexity index is 267. The molecule has 0 aromatic rings. The highest BCUT2D eigenvalue weighted by atomic mass is 16.2. The number of ketones is 2. The van der Waals surface area contributed by atoms with Crippen LogP contribution in [0.1, 0.15) is 19.3 Å². The van der Waals surface area contributed by atoms with Crippen LogP contribution in [0.4, 0.5) is 0 Å². The third-order valence-electron chi connectivity index (χ3n) is 2.46. The molecule has 4 heteroatoms. The highest BCUT2D eigenvalue weighted by molar-refractivity contribution is 6.21. The number of hydrogen-bond donors (Lipinski definition) is 1. The molecule has 0 radical (unpaired) electrons. The van der Waals surface area contributed by atoms with E-state index in [4.69, 9.17) is 0 Å². The quantitative estimate of drug-likeness (QED) is 0.574. The van der Waals surface area contributed by atoms with Crippen molar-refractivity contribution in [2.75, 3.05) is 13.1 Å². The number of Topliss-reactive ketones (excluding diaryl/α,β-unsaturated/α-hetero) is 2. The van der Waals surface area contributed by atoms with Gasteiger partial charge < -0.3 is 5.32 Å². The molecule has 13 heavy (non-hydrogen) atoms. The molecule has 0 amide bonds. The lowest BCUT2D eigenvalue weighted by molar-refractivity contribution is -0.132. The van der Waals surface area contributed by atoms with Crippen LogP contribution < -0.4 is 5.32 Å². The van der Waals surface area contributed by atoms with Crippen LogP contribution in [0.2, 0.25) is 0 Å². The van der Waals surface area contributed by atoms with Gasteiger partial charge in [-0.25, -0.2) is 0 Å². The van der Waals surface area contributed by atoms with Crippen molar-refractivity contribution in [1.82, 2.24) is 5.32 Å². The Hall–Kier alpha value is -1.19. The van der Waals surface area contributed by atoms with Crippen LogP contribution in [-0.2, 0) is 9.59 Å². The Kier molecular flexibility index (Phi) is 2.12. The second kappa shape index (κ2) is 3.28. The smallest absolute Gasteiger partial charge is 0.150 e. The van der Waals surface area contributed by atoms with Gasteiger partial charge in [-0.2, -0.15) is 0 Å². The van der Waals surface area contributed by atoms with E-state index in [1.54, 1.807) is 0 Å². The third kappa shape index (κ3) is 1.48. The number of aliphatic imine (C=N–C) groups is 1. The van der Waals surface area contributed by atoms with Crippen molar-refractivity contribution >= 4 is 17.4 Å². The van der Waals surface area contributed by atoms with Crippen LogP contribution in [0, 0.1) is 5.92 Å². The molecule has 0 unspecified atom stereocenters. The van der Waals surface area contributed by atoms with Crippen LogP contribution in [0.25, 0.3) is 0 Å². The summed E-state index contributed by atoms with van der Waals surface area (Å²) in [6.45, 7) is 1.44. The van der Waals surface area contributed by atoms with E-state index in [1.807, 2.05) is 0 Å². The lowest BCUT2D eigenvalue weighted by Gasteiger charge is -2.19. The zero-order valence-electron chi connectivity index (χ0n) is 7.38. The number of hydrogen-bond acceptors (Lipinski definition) is 4. The number of carbonyl (C=O) groups excluding carboxylic acids is 2. The summed E-state index contributed by atoms with van der Waals surface area (Å²) in [4.78, 5) is 27.0. The zero-order valence-corrected chi connectivity index (χ0v) is 7.38. The number of rotatable bonds is 1. The van der Waals surface area contributed by atoms with E-state index >= 15 is 0 Å². The molecule has 0 spiro atoms. The molecule has 2 aliphatic rings. The summed E-state index contributed by atoms with van der Waals surface area (Å²) >= 11 is 0. The van der Waals surface area contributed by atoms with Gasteiger partial charge in [0.15, 0.2) is 11.6 Å². The van der Waals surface area contributed by atoms with Gasteiger partial charge in [0.2, 0.25) is 0 Å². The summed E-state index contributed by atoms with van der Waals surface area (Å²) in [6.07, 6.45) is 1.76. The van der Waals surface area contributed by atoms with Gasteiger partial charge >= 0.3 is 0 Å². The molecule has 1 saturated carbocycles. The predicted octanol–water partition coefficient (Wildman–Crippen LogP) is -0.0736. The molecule has 1 heterocycles. The fourth-order valence-corrected chi connectivity index (χ4v) is 1.82. The number of amidine groups is 1. The molecule has 1 fully saturated rings. The van der Waals surface area contributed by atoms with Crippen molar-refractivity contribution in [3.8, 4) is 0 Å². The van der Waals surface area contributed by atoms with Crippen LogP contribution in [0.3, 0.4) is 0 Å². The van der Waals surface area contributed by atoms with Crippen LogP contribution >= 0.6 is 0 Å². The van der Waals surface area contributed by atoms with Crippen molar-refractivity contribution in [3.05, 3.63) is 0 Å². The largest absolute Gasteiger partial charge is 0.371 e. The molecule has 1 N–H and O–H groups in total. The maximum Gasteiger partial charge on any atom is 0.150 e. The molecule has 0 saturated heterocycles. The molecular formula is C9H12N2O2. The van der Waals surface area contributed by atoms with Gasteiger partial charge in [0.05, 0.1) is 6.54 Å². The van der Waals surface area contributed by atoms with Crippen molar-refractivity contribution in [3.63, 3.8) is 0 Å². The standard InChI is InChI=1S/C9H12N2O2/c12-6-2-1-3-7(13)8(6)9-10-4-5-11-9/h8H,1-5H2,(H,10,11). The number of nitrogens with zero attached hydrogens (tertiary/aromatic N) is 1. The molecule has 4 nitrogen and oxygen atoms in total. The van der Waals surface area contributed by atoms with Crippen molar-refractivity contribution in [2.45, 2.75) is 19.3 Å². The first-order chi connectivity index (χ1) is 6.29. The van der Waals surface area contributed by atoms with E-state index < -0.39 is 5.92 Å². The maximum atomic E-state index is 11.5. The van der Waals surface area contributed by atoms with Gasteiger partial charge in [-0.05, 0) is 6.42 Å². The van der Waals surface area contributed by atoms with E-state index in [9.17, 15) is 9.59 Å². The fourth-order valence-electron chi connectivity index (χ4n) is 1.82. The highest BCUT2D eigenvalue weighted by Gasteiger charge is 2.34. The van der Waals surface area contributed by atoms with Gasteiger partial charge in [-0.3, -0.25) is 14.6 Å². The van der Waals surface area contributed by atoms with Crippen molar-refractivity contribution in [2.24, 2.45) is 10.9 Å². The minimum absolute atomic E-state index is 0.0319. The summed E-state index contributed by atoms with van der Waals surface area (Å²) in [5.41, 5.74) is 0. The topological polar surface area (TPSA) is 58.5 Å².